The number of rotatable bonds is 5. The van der Waals surface area contributed by atoms with Crippen molar-refractivity contribution in [3.05, 3.63) is 81.8 Å². The summed E-state index contributed by atoms with van der Waals surface area (Å²) in [6.07, 6.45) is 0. The van der Waals surface area contributed by atoms with Crippen LogP contribution < -0.4 is 25.0 Å². The zero-order valence-electron chi connectivity index (χ0n) is 20.6. The molecule has 1 amide bonds. The van der Waals surface area contributed by atoms with E-state index in [0.29, 0.717) is 23.2 Å². The molecule has 5 rings (SSSR count). The van der Waals surface area contributed by atoms with Crippen LogP contribution in [0.2, 0.25) is 0 Å². The number of para-hydroxylation sites is 1. The number of anilines is 2. The Kier molecular flexibility index (Phi) is 6.43. The minimum absolute atomic E-state index is 0.156. The molecular formula is C28H28BrN3O3S. The maximum absolute atomic E-state index is 14.1. The van der Waals surface area contributed by atoms with Gasteiger partial charge in [0.2, 0.25) is 5.91 Å². The average molecular weight is 567 g/mol. The largest absolute Gasteiger partial charge is 0.490 e. The molecule has 8 heteroatoms. The fourth-order valence-corrected chi connectivity index (χ4v) is 6.01. The highest BCUT2D eigenvalue weighted by atomic mass is 79.9. The van der Waals surface area contributed by atoms with Crippen molar-refractivity contribution in [2.24, 2.45) is 5.92 Å². The summed E-state index contributed by atoms with van der Waals surface area (Å²) in [5, 5.41) is 7.10. The fraction of sp³-hybridized carbons (Fsp3) is 0.286. The van der Waals surface area contributed by atoms with E-state index in [-0.39, 0.29) is 5.91 Å². The first-order valence-electron chi connectivity index (χ1n) is 11.9. The average Bonchev–Trinajstić information content (AvgIpc) is 2.81. The Labute approximate surface area is 225 Å². The van der Waals surface area contributed by atoms with Crippen molar-refractivity contribution in [3.8, 4) is 11.5 Å². The lowest BCUT2D eigenvalue weighted by Crippen LogP contribution is -2.72. The summed E-state index contributed by atoms with van der Waals surface area (Å²) in [5.74, 6) is 0.478. The molecule has 2 N–H and O–H groups in total. The summed E-state index contributed by atoms with van der Waals surface area (Å²) in [6, 6.07) is 19.2. The number of aryl methyl sites for hydroxylation is 2. The molecule has 3 aromatic rings. The van der Waals surface area contributed by atoms with Gasteiger partial charge in [0.15, 0.2) is 22.3 Å². The molecule has 2 bridgehead atoms. The Balaban J connectivity index is 1.65. The highest BCUT2D eigenvalue weighted by Gasteiger charge is 2.59. The number of nitrogens with zero attached hydrogens (tertiary/aromatic N) is 1. The lowest BCUT2D eigenvalue weighted by atomic mass is 9.78. The summed E-state index contributed by atoms with van der Waals surface area (Å²) < 4.78 is 13.6. The van der Waals surface area contributed by atoms with Crippen LogP contribution in [0.5, 0.6) is 11.5 Å². The van der Waals surface area contributed by atoms with Crippen LogP contribution in [0.25, 0.3) is 0 Å². The van der Waals surface area contributed by atoms with E-state index in [1.54, 1.807) is 0 Å². The summed E-state index contributed by atoms with van der Waals surface area (Å²) >= 11 is 9.42. The molecule has 1 fully saturated rings. The Bertz CT molecular complexity index is 1360. The van der Waals surface area contributed by atoms with Gasteiger partial charge in [-0.25, -0.2) is 0 Å². The van der Waals surface area contributed by atoms with Gasteiger partial charge in [-0.1, -0.05) is 51.8 Å². The molecule has 0 radical (unpaired) electrons. The van der Waals surface area contributed by atoms with Gasteiger partial charge in [0.05, 0.1) is 12.6 Å². The molecule has 0 saturated carbocycles. The van der Waals surface area contributed by atoms with Gasteiger partial charge in [0, 0.05) is 21.4 Å². The van der Waals surface area contributed by atoms with Gasteiger partial charge in [-0.2, -0.15) is 0 Å². The molecule has 3 atom stereocenters. The Morgan fingerprint density at radius 2 is 1.97 bits per heavy atom. The van der Waals surface area contributed by atoms with Crippen LogP contribution in [0.1, 0.15) is 36.6 Å². The molecule has 3 aromatic carbocycles. The van der Waals surface area contributed by atoms with Crippen LogP contribution in [0.3, 0.4) is 0 Å². The first-order chi connectivity index (χ1) is 17.2. The van der Waals surface area contributed by atoms with Crippen LogP contribution >= 0.6 is 28.1 Å². The number of nitrogens with one attached hydrogen (secondary N) is 2. The minimum atomic E-state index is -1.13. The first-order valence-corrected chi connectivity index (χ1v) is 13.1. The molecule has 2 heterocycles. The zero-order valence-corrected chi connectivity index (χ0v) is 23.0. The monoisotopic (exact) mass is 565 g/mol. The summed E-state index contributed by atoms with van der Waals surface area (Å²) in [6.45, 7) is 8.39. The number of benzene rings is 3. The second-order valence-electron chi connectivity index (χ2n) is 9.29. The van der Waals surface area contributed by atoms with Gasteiger partial charge < -0.3 is 20.1 Å². The summed E-state index contributed by atoms with van der Waals surface area (Å²) in [4.78, 5) is 15.9. The number of halogens is 1. The van der Waals surface area contributed by atoms with E-state index in [2.05, 4.69) is 32.6 Å². The molecule has 0 aromatic heterocycles. The molecule has 36 heavy (non-hydrogen) atoms. The second kappa shape index (κ2) is 9.41. The van der Waals surface area contributed by atoms with Crippen LogP contribution in [0, 0.1) is 19.8 Å². The third kappa shape index (κ3) is 4.12. The van der Waals surface area contributed by atoms with Crippen molar-refractivity contribution in [1.29, 1.82) is 0 Å². The number of carbonyl (C=O) groups excluding carboxylic acids is 1. The molecule has 3 unspecified atom stereocenters. The number of ether oxygens (including phenoxy) is 2. The lowest BCUT2D eigenvalue weighted by molar-refractivity contribution is -0.130. The Hall–Kier alpha value is -3.10. The van der Waals surface area contributed by atoms with Crippen LogP contribution in [-0.4, -0.2) is 23.4 Å². The van der Waals surface area contributed by atoms with E-state index in [1.165, 1.54) is 0 Å². The van der Waals surface area contributed by atoms with Crippen LogP contribution in [0.15, 0.2) is 65.1 Å². The molecule has 0 aliphatic carbocycles. The fourth-order valence-electron chi connectivity index (χ4n) is 5.21. The number of amides is 1. The quantitative estimate of drug-likeness (QED) is 0.356. The summed E-state index contributed by atoms with van der Waals surface area (Å²) in [5.41, 5.74) is 3.44. The van der Waals surface area contributed by atoms with E-state index < -0.39 is 17.7 Å². The maximum Gasteiger partial charge on any atom is 0.236 e. The van der Waals surface area contributed by atoms with Gasteiger partial charge in [-0.05, 0) is 75.8 Å². The lowest BCUT2D eigenvalue weighted by Gasteiger charge is -2.56. The molecule has 1 saturated heterocycles. The highest BCUT2D eigenvalue weighted by molar-refractivity contribution is 9.10. The first kappa shape index (κ1) is 24.6. The Morgan fingerprint density at radius 3 is 2.69 bits per heavy atom. The van der Waals surface area contributed by atoms with Crippen LogP contribution in [-0.2, 0) is 4.79 Å². The SMILES string of the molecule is CCOc1cccc2c1OC1(C)C(C(=O)Nc3ccc(C)cc3C)C2NC(=S)N1c1cccc(Br)c1. The van der Waals surface area contributed by atoms with E-state index in [9.17, 15) is 4.79 Å². The normalized spacial score (nSPS) is 22.2. The molecule has 6 nitrogen and oxygen atoms in total. The Morgan fingerprint density at radius 1 is 1.19 bits per heavy atom. The van der Waals surface area contributed by atoms with Crippen molar-refractivity contribution >= 4 is 50.5 Å². The minimum Gasteiger partial charge on any atom is -0.490 e. The van der Waals surface area contributed by atoms with Gasteiger partial charge >= 0.3 is 0 Å². The van der Waals surface area contributed by atoms with Gasteiger partial charge in [0.1, 0.15) is 5.92 Å². The van der Waals surface area contributed by atoms with Crippen molar-refractivity contribution < 1.29 is 14.3 Å². The third-order valence-electron chi connectivity index (χ3n) is 6.78. The molecule has 0 spiro atoms. The number of carbonyl (C=O) groups is 1. The van der Waals surface area contributed by atoms with E-state index in [4.69, 9.17) is 21.7 Å². The topological polar surface area (TPSA) is 62.8 Å². The summed E-state index contributed by atoms with van der Waals surface area (Å²) in [7, 11) is 0. The van der Waals surface area contributed by atoms with E-state index >= 15 is 0 Å². The van der Waals surface area contributed by atoms with Gasteiger partial charge in [0.25, 0.3) is 0 Å². The van der Waals surface area contributed by atoms with Crippen molar-refractivity contribution in [1.82, 2.24) is 5.32 Å². The zero-order chi connectivity index (χ0) is 25.6. The second-order valence-corrected chi connectivity index (χ2v) is 10.6. The predicted molar refractivity (Wildman–Crippen MR) is 150 cm³/mol. The number of hydrogen-bond donors (Lipinski definition) is 2. The van der Waals surface area contributed by atoms with Crippen LogP contribution in [0.4, 0.5) is 11.4 Å². The van der Waals surface area contributed by atoms with Crippen molar-refractivity contribution in [2.45, 2.75) is 39.5 Å². The van der Waals surface area contributed by atoms with Gasteiger partial charge in [-0.3, -0.25) is 9.69 Å². The maximum atomic E-state index is 14.1. The molecule has 186 valence electrons. The van der Waals surface area contributed by atoms with E-state index in [1.807, 2.05) is 87.2 Å². The van der Waals surface area contributed by atoms with E-state index in [0.717, 1.165) is 32.5 Å². The van der Waals surface area contributed by atoms with Gasteiger partial charge in [-0.15, -0.1) is 0 Å². The third-order valence-corrected chi connectivity index (χ3v) is 7.57. The smallest absolute Gasteiger partial charge is 0.236 e. The number of hydrogen-bond acceptors (Lipinski definition) is 4. The molecular weight excluding hydrogens is 538 g/mol. The number of thiocarbonyl (C=S) groups is 1. The molecule has 2 aliphatic heterocycles. The highest BCUT2D eigenvalue weighted by Crippen LogP contribution is 2.52. The van der Waals surface area contributed by atoms with Crippen molar-refractivity contribution in [2.75, 3.05) is 16.8 Å². The predicted octanol–water partition coefficient (Wildman–Crippen LogP) is 6.26. The molecule has 2 aliphatic rings. The number of fused-ring (bicyclic) bond motifs is 4. The van der Waals surface area contributed by atoms with Crippen molar-refractivity contribution in [3.63, 3.8) is 0 Å². The standard InChI is InChI=1S/C28H28BrN3O3S/c1-5-34-22-11-7-10-20-24-23(26(33)30-21-13-12-16(2)14-17(21)3)28(4,35-25(20)22)32(27(36)31-24)19-9-6-8-18(29)15-19/h6-15,23-24H,5H2,1-4H3,(H,30,33)(H,31,36).